The molecule has 6 heteroatoms. The fraction of sp³-hybridized carbons (Fsp3) is 0.0526. The van der Waals surface area contributed by atoms with Crippen LogP contribution in [0.3, 0.4) is 0 Å². The maximum atomic E-state index is 12.0. The van der Waals surface area contributed by atoms with Gasteiger partial charge in [0.2, 0.25) is 5.91 Å². The van der Waals surface area contributed by atoms with E-state index in [0.29, 0.717) is 22.3 Å². The maximum Gasteiger partial charge on any atom is 0.248 e. The number of aromatic nitrogens is 2. The zero-order valence-corrected chi connectivity index (χ0v) is 14.7. The van der Waals surface area contributed by atoms with Crippen LogP contribution in [0.5, 0.6) is 0 Å². The third-order valence-corrected chi connectivity index (χ3v) is 4.06. The van der Waals surface area contributed by atoms with E-state index in [0.717, 1.165) is 11.1 Å². The Bertz CT molecular complexity index is 904. The Morgan fingerprint density at radius 3 is 2.72 bits per heavy atom. The van der Waals surface area contributed by atoms with Gasteiger partial charge in [-0.3, -0.25) is 9.48 Å². The molecule has 0 aliphatic heterocycles. The number of amides is 1. The SMILES string of the molecule is O=C(/C=C\c1ccccc1)Nc1cnn(Cc2ccc(Cl)cc2Cl)c1. The van der Waals surface area contributed by atoms with Crippen LogP contribution in [-0.4, -0.2) is 15.7 Å². The average molecular weight is 372 g/mol. The fourth-order valence-corrected chi connectivity index (χ4v) is 2.73. The molecule has 1 N–H and O–H groups in total. The van der Waals surface area contributed by atoms with Crippen molar-refractivity contribution in [1.82, 2.24) is 9.78 Å². The van der Waals surface area contributed by atoms with E-state index in [9.17, 15) is 4.79 Å². The molecule has 0 fully saturated rings. The average Bonchev–Trinajstić information content (AvgIpc) is 3.03. The molecule has 4 nitrogen and oxygen atoms in total. The van der Waals surface area contributed by atoms with Gasteiger partial charge in [0.25, 0.3) is 0 Å². The minimum Gasteiger partial charge on any atom is -0.320 e. The third-order valence-electron chi connectivity index (χ3n) is 3.47. The van der Waals surface area contributed by atoms with Crippen LogP contribution < -0.4 is 5.32 Å². The Hall–Kier alpha value is -2.56. The molecule has 0 saturated carbocycles. The lowest BCUT2D eigenvalue weighted by atomic mass is 10.2. The lowest BCUT2D eigenvalue weighted by Gasteiger charge is -2.04. The Balaban J connectivity index is 1.61. The highest BCUT2D eigenvalue weighted by molar-refractivity contribution is 6.35. The number of benzene rings is 2. The van der Waals surface area contributed by atoms with Crippen molar-refractivity contribution < 1.29 is 4.79 Å². The summed E-state index contributed by atoms with van der Waals surface area (Å²) in [6.45, 7) is 0.492. The Morgan fingerprint density at radius 2 is 1.96 bits per heavy atom. The first kappa shape index (κ1) is 17.3. The highest BCUT2D eigenvalue weighted by Gasteiger charge is 2.05. The van der Waals surface area contributed by atoms with Gasteiger partial charge in [0.05, 0.1) is 18.4 Å². The molecular weight excluding hydrogens is 357 g/mol. The number of halogens is 2. The van der Waals surface area contributed by atoms with Gasteiger partial charge in [0, 0.05) is 22.3 Å². The van der Waals surface area contributed by atoms with Crippen LogP contribution in [0.25, 0.3) is 6.08 Å². The van der Waals surface area contributed by atoms with E-state index in [4.69, 9.17) is 23.2 Å². The largest absolute Gasteiger partial charge is 0.320 e. The second-order valence-corrected chi connectivity index (χ2v) is 6.24. The number of nitrogens with one attached hydrogen (secondary N) is 1. The van der Waals surface area contributed by atoms with Crippen molar-refractivity contribution in [2.24, 2.45) is 0 Å². The minimum absolute atomic E-state index is 0.215. The summed E-state index contributed by atoms with van der Waals surface area (Å²) in [4.78, 5) is 12.0. The molecule has 0 aliphatic rings. The summed E-state index contributed by atoms with van der Waals surface area (Å²) in [7, 11) is 0. The van der Waals surface area contributed by atoms with Gasteiger partial charge in [-0.05, 0) is 29.3 Å². The summed E-state index contributed by atoms with van der Waals surface area (Å²) in [5.74, 6) is -0.215. The van der Waals surface area contributed by atoms with Gasteiger partial charge in [-0.2, -0.15) is 5.10 Å². The molecule has 3 rings (SSSR count). The summed E-state index contributed by atoms with van der Waals surface area (Å²) in [6.07, 6.45) is 6.59. The van der Waals surface area contributed by atoms with Gasteiger partial charge < -0.3 is 5.32 Å². The Kier molecular flexibility index (Phi) is 5.53. The number of hydrogen-bond acceptors (Lipinski definition) is 2. The fourth-order valence-electron chi connectivity index (χ4n) is 2.26. The lowest BCUT2D eigenvalue weighted by molar-refractivity contribution is -0.111. The third kappa shape index (κ3) is 4.95. The molecule has 0 unspecified atom stereocenters. The van der Waals surface area contributed by atoms with Crippen LogP contribution in [0.15, 0.2) is 67.0 Å². The van der Waals surface area contributed by atoms with Crippen molar-refractivity contribution in [2.75, 3.05) is 5.32 Å². The molecule has 0 spiro atoms. The van der Waals surface area contributed by atoms with E-state index >= 15 is 0 Å². The first-order valence-electron chi connectivity index (χ1n) is 7.61. The van der Waals surface area contributed by atoms with Crippen molar-refractivity contribution in [1.29, 1.82) is 0 Å². The molecule has 1 heterocycles. The van der Waals surface area contributed by atoms with Crippen molar-refractivity contribution in [3.63, 3.8) is 0 Å². The smallest absolute Gasteiger partial charge is 0.248 e. The van der Waals surface area contributed by atoms with E-state index in [1.807, 2.05) is 36.4 Å². The van der Waals surface area contributed by atoms with E-state index in [1.165, 1.54) is 6.08 Å². The summed E-state index contributed by atoms with van der Waals surface area (Å²) >= 11 is 12.1. The van der Waals surface area contributed by atoms with Crippen LogP contribution >= 0.6 is 23.2 Å². The molecule has 1 amide bonds. The Morgan fingerprint density at radius 1 is 1.16 bits per heavy atom. The summed E-state index contributed by atoms with van der Waals surface area (Å²) in [5, 5.41) is 8.18. The second kappa shape index (κ2) is 8.01. The quantitative estimate of drug-likeness (QED) is 0.649. The number of carbonyl (C=O) groups excluding carboxylic acids is 1. The predicted octanol–water partition coefficient (Wildman–Crippen LogP) is 4.89. The molecule has 25 heavy (non-hydrogen) atoms. The normalized spacial score (nSPS) is 11.0. The lowest BCUT2D eigenvalue weighted by Crippen LogP contribution is -2.07. The second-order valence-electron chi connectivity index (χ2n) is 5.40. The zero-order chi connectivity index (χ0) is 17.6. The van der Waals surface area contributed by atoms with E-state index in [1.54, 1.807) is 35.3 Å². The molecule has 1 aromatic heterocycles. The zero-order valence-electron chi connectivity index (χ0n) is 13.2. The summed E-state index contributed by atoms with van der Waals surface area (Å²) in [6, 6.07) is 15.0. The molecule has 0 radical (unpaired) electrons. The van der Waals surface area contributed by atoms with E-state index in [2.05, 4.69) is 10.4 Å². The number of carbonyl (C=O) groups is 1. The molecule has 0 bridgehead atoms. The monoisotopic (exact) mass is 371 g/mol. The Labute approximate surface area is 155 Å². The maximum absolute atomic E-state index is 12.0. The molecule has 126 valence electrons. The number of anilines is 1. The van der Waals surface area contributed by atoms with Crippen molar-refractivity contribution in [2.45, 2.75) is 6.54 Å². The molecule has 3 aromatic rings. The molecule has 0 atom stereocenters. The van der Waals surface area contributed by atoms with E-state index in [-0.39, 0.29) is 5.91 Å². The van der Waals surface area contributed by atoms with Gasteiger partial charge in [0.15, 0.2) is 0 Å². The highest BCUT2D eigenvalue weighted by atomic mass is 35.5. The van der Waals surface area contributed by atoms with Crippen LogP contribution in [0.1, 0.15) is 11.1 Å². The first-order chi connectivity index (χ1) is 12.1. The van der Waals surface area contributed by atoms with Crippen LogP contribution in [0.4, 0.5) is 5.69 Å². The molecule has 0 aliphatic carbocycles. The standard InChI is InChI=1S/C19H15Cl2N3O/c20-16-8-7-15(18(21)10-16)12-24-13-17(11-22-24)23-19(25)9-6-14-4-2-1-3-5-14/h1-11,13H,12H2,(H,23,25)/b9-6-. The molecule has 2 aromatic carbocycles. The van der Waals surface area contributed by atoms with Crippen molar-refractivity contribution in [3.8, 4) is 0 Å². The van der Waals surface area contributed by atoms with Crippen LogP contribution in [0, 0.1) is 0 Å². The topological polar surface area (TPSA) is 46.9 Å². The minimum atomic E-state index is -0.215. The first-order valence-corrected chi connectivity index (χ1v) is 8.36. The van der Waals surface area contributed by atoms with Gasteiger partial charge >= 0.3 is 0 Å². The predicted molar refractivity (Wildman–Crippen MR) is 102 cm³/mol. The molecule has 0 saturated heterocycles. The van der Waals surface area contributed by atoms with Crippen LogP contribution in [-0.2, 0) is 11.3 Å². The molecular formula is C19H15Cl2N3O. The number of rotatable bonds is 5. The van der Waals surface area contributed by atoms with Gasteiger partial charge in [0.1, 0.15) is 0 Å². The van der Waals surface area contributed by atoms with Crippen LogP contribution in [0.2, 0.25) is 10.0 Å². The van der Waals surface area contributed by atoms with Gasteiger partial charge in [-0.25, -0.2) is 0 Å². The van der Waals surface area contributed by atoms with Crippen molar-refractivity contribution in [3.05, 3.63) is 88.2 Å². The summed E-state index contributed by atoms with van der Waals surface area (Å²) < 4.78 is 1.70. The number of hydrogen-bond donors (Lipinski definition) is 1. The van der Waals surface area contributed by atoms with Gasteiger partial charge in [-0.1, -0.05) is 59.6 Å². The van der Waals surface area contributed by atoms with E-state index < -0.39 is 0 Å². The highest BCUT2D eigenvalue weighted by Crippen LogP contribution is 2.22. The van der Waals surface area contributed by atoms with Gasteiger partial charge in [-0.15, -0.1) is 0 Å². The van der Waals surface area contributed by atoms with Crippen molar-refractivity contribution >= 4 is 40.9 Å². The number of nitrogens with zero attached hydrogens (tertiary/aromatic N) is 2. The summed E-state index contributed by atoms with van der Waals surface area (Å²) in [5.41, 5.74) is 2.48.